The smallest absolute Gasteiger partial charge is 0 e. The first-order valence-corrected chi connectivity index (χ1v) is 5.44. The molecule has 2 aromatic carbocycles. The van der Waals surface area contributed by atoms with Crippen LogP contribution < -0.4 is 0 Å². The Morgan fingerprint density at radius 1 is 0.733 bits per heavy atom. The second-order valence-corrected chi connectivity index (χ2v) is 4.18. The van der Waals surface area contributed by atoms with Gasteiger partial charge in [-0.2, -0.15) is 0 Å². The zero-order valence-electron chi connectivity index (χ0n) is 8.65. The van der Waals surface area contributed by atoms with Gasteiger partial charge in [0.15, 0.2) is 0 Å². The van der Waals surface area contributed by atoms with Crippen LogP contribution in [0.5, 0.6) is 0 Å². The Bertz CT molecular complexity index is 429. The summed E-state index contributed by atoms with van der Waals surface area (Å²) in [6.07, 6.45) is 5.29. The second-order valence-electron chi connectivity index (χ2n) is 4.18. The first kappa shape index (κ1) is 11.4. The summed E-state index contributed by atoms with van der Waals surface area (Å²) < 4.78 is 0. The summed E-state index contributed by atoms with van der Waals surface area (Å²) in [5.74, 6) is 0. The second kappa shape index (κ2) is 4.86. The minimum absolute atomic E-state index is 0. The van der Waals surface area contributed by atoms with Gasteiger partial charge in [-0.25, -0.2) is 0 Å². The van der Waals surface area contributed by atoms with E-state index in [9.17, 15) is 0 Å². The molecule has 3 rings (SSSR count). The van der Waals surface area contributed by atoms with E-state index in [4.69, 9.17) is 0 Å². The van der Waals surface area contributed by atoms with Gasteiger partial charge in [0.25, 0.3) is 0 Å². The van der Waals surface area contributed by atoms with Crippen LogP contribution in [0, 0.1) is 37.7 Å². The monoisotopic (exact) mass is 222 g/mol. The van der Waals surface area contributed by atoms with E-state index in [1.54, 1.807) is 11.1 Å². The summed E-state index contributed by atoms with van der Waals surface area (Å²) in [5, 5.41) is 2.79. The molecule has 78 valence electrons. The third-order valence-electron chi connectivity index (χ3n) is 3.21. The fourth-order valence-corrected chi connectivity index (χ4v) is 2.43. The van der Waals surface area contributed by atoms with E-state index < -0.39 is 0 Å². The van der Waals surface area contributed by atoms with Gasteiger partial charge in [0.05, 0.1) is 0 Å². The summed E-state index contributed by atoms with van der Waals surface area (Å²) in [7, 11) is 0. The normalized spacial score (nSPS) is 14.4. The number of rotatable bonds is 0. The number of fused-ring (bicyclic) bond motifs is 2. The van der Waals surface area contributed by atoms with Crippen molar-refractivity contribution in [1.82, 2.24) is 0 Å². The van der Waals surface area contributed by atoms with E-state index in [2.05, 4.69) is 36.4 Å². The van der Waals surface area contributed by atoms with Crippen molar-refractivity contribution in [3.63, 3.8) is 0 Å². The van der Waals surface area contributed by atoms with Crippen LogP contribution in [0.2, 0.25) is 0 Å². The summed E-state index contributed by atoms with van der Waals surface area (Å²) in [4.78, 5) is 0. The predicted molar refractivity (Wildman–Crippen MR) is 60.6 cm³/mol. The number of aryl methyl sites for hydroxylation is 2. The molecule has 0 unspecified atom stereocenters. The zero-order valence-corrected chi connectivity index (χ0v) is 9.35. The summed E-state index contributed by atoms with van der Waals surface area (Å²) in [5.41, 5.74) is 3.16. The van der Waals surface area contributed by atoms with Crippen LogP contribution in [0.15, 0.2) is 36.4 Å². The number of benzene rings is 2. The topological polar surface area (TPSA) is 0 Å². The standard InChI is InChI=1S/C14H14.Ar/c1-2-6-12-10-14-8-4-3-7-13(14)9-11(12)5-1;/h1-2,5-6,9-10H,3-4,7-8H2;. The van der Waals surface area contributed by atoms with E-state index in [1.807, 2.05) is 0 Å². The third kappa shape index (κ3) is 2.22. The molecular formula is C14H14Ar. The van der Waals surface area contributed by atoms with Crippen LogP contribution in [0.1, 0.15) is 24.0 Å². The SMILES string of the molecule is [Ar].c1ccc2cc3c(cc2c1)CCCC3. The fraction of sp³-hybridized carbons (Fsp3) is 0.286. The Hall–Kier alpha value is -0.0403. The van der Waals surface area contributed by atoms with E-state index in [0.29, 0.717) is 0 Å². The van der Waals surface area contributed by atoms with E-state index in [1.165, 1.54) is 36.5 Å². The molecule has 1 heteroatoms. The van der Waals surface area contributed by atoms with E-state index in [-0.39, 0.29) is 37.7 Å². The van der Waals surface area contributed by atoms with Crippen molar-refractivity contribution >= 4 is 10.8 Å². The molecule has 0 spiro atoms. The van der Waals surface area contributed by atoms with Crippen LogP contribution >= 0.6 is 0 Å². The van der Waals surface area contributed by atoms with Gasteiger partial charge in [-0.3, -0.25) is 0 Å². The van der Waals surface area contributed by atoms with Gasteiger partial charge >= 0.3 is 0 Å². The molecule has 0 aromatic heterocycles. The average molecular weight is 222 g/mol. The Morgan fingerprint density at radius 2 is 1.20 bits per heavy atom. The Balaban J connectivity index is 0.000000853. The molecular weight excluding hydrogens is 208 g/mol. The van der Waals surface area contributed by atoms with E-state index in [0.717, 1.165) is 0 Å². The van der Waals surface area contributed by atoms with Crippen molar-refractivity contribution < 1.29 is 37.7 Å². The van der Waals surface area contributed by atoms with Gasteiger partial charge in [-0.05, 0) is 47.6 Å². The van der Waals surface area contributed by atoms with Crippen LogP contribution in [0.4, 0.5) is 0 Å². The molecule has 1 aliphatic carbocycles. The Labute approximate surface area is 121 Å². The van der Waals surface area contributed by atoms with Crippen molar-refractivity contribution in [3.05, 3.63) is 47.5 Å². The molecule has 0 saturated heterocycles. The van der Waals surface area contributed by atoms with Crippen LogP contribution in [0.3, 0.4) is 0 Å². The molecule has 0 saturated carbocycles. The first-order chi connectivity index (χ1) is 6.93. The zero-order chi connectivity index (χ0) is 9.38. The maximum Gasteiger partial charge on any atom is 0 e. The molecule has 0 aliphatic heterocycles. The average Bonchev–Trinajstić information content (AvgIpc) is 2.26. The van der Waals surface area contributed by atoms with Gasteiger partial charge in [-0.15, -0.1) is 0 Å². The molecule has 1 aliphatic rings. The molecule has 15 heavy (non-hydrogen) atoms. The van der Waals surface area contributed by atoms with Crippen LogP contribution in [-0.2, 0) is 12.8 Å². The Kier molecular flexibility index (Phi) is 3.71. The van der Waals surface area contributed by atoms with Crippen molar-refractivity contribution in [2.24, 2.45) is 0 Å². The molecule has 0 radical (unpaired) electrons. The van der Waals surface area contributed by atoms with Gasteiger partial charge in [-0.1, -0.05) is 36.4 Å². The van der Waals surface area contributed by atoms with Crippen molar-refractivity contribution in [3.8, 4) is 0 Å². The van der Waals surface area contributed by atoms with Gasteiger partial charge in [0, 0.05) is 37.7 Å². The third-order valence-corrected chi connectivity index (χ3v) is 3.21. The molecule has 0 amide bonds. The molecule has 0 heterocycles. The first-order valence-electron chi connectivity index (χ1n) is 5.44. The maximum atomic E-state index is 2.38. The quantitative estimate of drug-likeness (QED) is 0.637. The maximum absolute atomic E-state index is 2.38. The van der Waals surface area contributed by atoms with Crippen molar-refractivity contribution in [2.45, 2.75) is 25.7 Å². The summed E-state index contributed by atoms with van der Waals surface area (Å²) >= 11 is 0. The van der Waals surface area contributed by atoms with Crippen molar-refractivity contribution in [2.75, 3.05) is 0 Å². The molecule has 0 N–H and O–H groups in total. The minimum Gasteiger partial charge on any atom is -0.0616 e. The number of hydrogen-bond acceptors (Lipinski definition) is 0. The van der Waals surface area contributed by atoms with Crippen LogP contribution in [-0.4, -0.2) is 0 Å². The number of hydrogen-bond donors (Lipinski definition) is 0. The van der Waals surface area contributed by atoms with Gasteiger partial charge in [0.2, 0.25) is 0 Å². The molecule has 0 nitrogen and oxygen atoms in total. The van der Waals surface area contributed by atoms with Gasteiger partial charge < -0.3 is 0 Å². The van der Waals surface area contributed by atoms with Gasteiger partial charge in [0.1, 0.15) is 0 Å². The predicted octanol–water partition coefficient (Wildman–Crippen LogP) is 3.72. The molecule has 2 aromatic rings. The molecule has 0 atom stereocenters. The largest absolute Gasteiger partial charge is 0.0616 e. The molecule has 0 fully saturated rings. The van der Waals surface area contributed by atoms with E-state index >= 15 is 0 Å². The molecule has 0 bridgehead atoms. The fourth-order valence-electron chi connectivity index (χ4n) is 2.43. The van der Waals surface area contributed by atoms with Crippen molar-refractivity contribution in [1.29, 1.82) is 0 Å². The minimum atomic E-state index is 0. The Morgan fingerprint density at radius 3 is 1.67 bits per heavy atom. The summed E-state index contributed by atoms with van der Waals surface area (Å²) in [6, 6.07) is 13.4. The summed E-state index contributed by atoms with van der Waals surface area (Å²) in [6.45, 7) is 0. The van der Waals surface area contributed by atoms with Crippen LogP contribution in [0.25, 0.3) is 10.8 Å².